The quantitative estimate of drug-likeness (QED) is 0.638. The SMILES string of the molecule is Cc1nsc(N2CCC(N3C[C@H](C)OC[C@@H]3Cc3ccc(Cl)cc3)CC2)n1.O=C(O)C(F)(F)F. The van der Waals surface area contributed by atoms with Crippen molar-refractivity contribution in [3.05, 3.63) is 40.7 Å². The van der Waals surface area contributed by atoms with E-state index in [4.69, 9.17) is 26.2 Å². The number of morpholine rings is 1. The van der Waals surface area contributed by atoms with Crippen molar-refractivity contribution >= 4 is 34.2 Å². The summed E-state index contributed by atoms with van der Waals surface area (Å²) in [6, 6.07) is 9.28. The van der Waals surface area contributed by atoms with Gasteiger partial charge in [-0.05, 0) is 50.8 Å². The van der Waals surface area contributed by atoms with Crippen LogP contribution in [-0.4, -0.2) is 75.9 Å². The number of anilines is 1. The molecular weight excluding hydrogens is 493 g/mol. The van der Waals surface area contributed by atoms with Gasteiger partial charge in [-0.25, -0.2) is 9.78 Å². The fourth-order valence-corrected chi connectivity index (χ4v) is 5.04. The number of carboxylic acid groups (broad SMARTS) is 1. The van der Waals surface area contributed by atoms with E-state index >= 15 is 0 Å². The molecule has 0 spiro atoms. The third-order valence-electron chi connectivity index (χ3n) is 5.86. The summed E-state index contributed by atoms with van der Waals surface area (Å²) in [5.74, 6) is -1.88. The highest BCUT2D eigenvalue weighted by Crippen LogP contribution is 2.28. The molecule has 7 nitrogen and oxygen atoms in total. The van der Waals surface area contributed by atoms with Crippen molar-refractivity contribution in [1.29, 1.82) is 0 Å². The van der Waals surface area contributed by atoms with E-state index in [-0.39, 0.29) is 0 Å². The van der Waals surface area contributed by atoms with Crippen molar-refractivity contribution in [3.63, 3.8) is 0 Å². The van der Waals surface area contributed by atoms with E-state index in [0.717, 1.165) is 48.6 Å². The normalized spacial score (nSPS) is 22.2. The van der Waals surface area contributed by atoms with Crippen molar-refractivity contribution in [1.82, 2.24) is 14.3 Å². The lowest BCUT2D eigenvalue weighted by Crippen LogP contribution is -2.56. The van der Waals surface area contributed by atoms with Crippen molar-refractivity contribution in [2.24, 2.45) is 0 Å². The minimum absolute atomic E-state index is 0.301. The molecular formula is C22H28ClF3N4O3S. The molecule has 2 aliphatic heterocycles. The fourth-order valence-electron chi connectivity index (χ4n) is 4.19. The molecule has 2 aliphatic rings. The van der Waals surface area contributed by atoms with Gasteiger partial charge in [0.15, 0.2) is 0 Å². The molecule has 2 fully saturated rings. The van der Waals surface area contributed by atoms with Crippen LogP contribution in [0.3, 0.4) is 0 Å². The lowest BCUT2D eigenvalue weighted by Gasteiger charge is -2.46. The molecule has 2 atom stereocenters. The van der Waals surface area contributed by atoms with Crippen LogP contribution in [0.15, 0.2) is 24.3 Å². The molecule has 1 N–H and O–H groups in total. The molecule has 2 aromatic rings. The minimum atomic E-state index is -5.08. The van der Waals surface area contributed by atoms with Crippen LogP contribution in [-0.2, 0) is 16.0 Å². The molecule has 1 aromatic carbocycles. The van der Waals surface area contributed by atoms with Crippen LogP contribution in [0.25, 0.3) is 0 Å². The molecule has 0 amide bonds. The molecule has 0 aliphatic carbocycles. The van der Waals surface area contributed by atoms with Gasteiger partial charge in [0.25, 0.3) is 0 Å². The molecule has 0 bridgehead atoms. The molecule has 4 rings (SSSR count). The highest BCUT2D eigenvalue weighted by atomic mass is 35.5. The number of aliphatic carboxylic acids is 1. The number of aryl methyl sites for hydroxylation is 1. The predicted molar refractivity (Wildman–Crippen MR) is 125 cm³/mol. The van der Waals surface area contributed by atoms with Crippen LogP contribution in [0.5, 0.6) is 0 Å². The lowest BCUT2D eigenvalue weighted by molar-refractivity contribution is -0.192. The average molecular weight is 521 g/mol. The Kier molecular flexibility index (Phi) is 9.14. The van der Waals surface area contributed by atoms with E-state index in [9.17, 15) is 13.2 Å². The van der Waals surface area contributed by atoms with E-state index < -0.39 is 12.1 Å². The van der Waals surface area contributed by atoms with Crippen LogP contribution in [0.2, 0.25) is 5.02 Å². The molecule has 1 aromatic heterocycles. The van der Waals surface area contributed by atoms with Crippen molar-refractivity contribution in [2.45, 2.75) is 57.5 Å². The Morgan fingerprint density at radius 1 is 1.26 bits per heavy atom. The summed E-state index contributed by atoms with van der Waals surface area (Å²) in [5.41, 5.74) is 1.33. The number of nitrogens with zero attached hydrogens (tertiary/aromatic N) is 4. The monoisotopic (exact) mass is 520 g/mol. The summed E-state index contributed by atoms with van der Waals surface area (Å²) < 4.78 is 42.1. The predicted octanol–water partition coefficient (Wildman–Crippen LogP) is 4.43. The number of hydrogen-bond donors (Lipinski definition) is 1. The Labute approximate surface area is 205 Å². The third-order valence-corrected chi connectivity index (χ3v) is 6.98. The van der Waals surface area contributed by atoms with Gasteiger partial charge in [0.1, 0.15) is 5.82 Å². The number of carboxylic acids is 1. The van der Waals surface area contributed by atoms with Gasteiger partial charge in [-0.15, -0.1) is 0 Å². The van der Waals surface area contributed by atoms with Gasteiger partial charge in [0.2, 0.25) is 5.13 Å². The van der Waals surface area contributed by atoms with Crippen LogP contribution in [0.1, 0.15) is 31.2 Å². The van der Waals surface area contributed by atoms with Gasteiger partial charge in [-0.2, -0.15) is 17.5 Å². The summed E-state index contributed by atoms with van der Waals surface area (Å²) in [6.07, 6.45) is -1.43. The first-order valence-electron chi connectivity index (χ1n) is 11.0. The second-order valence-corrected chi connectivity index (χ2v) is 9.64. The van der Waals surface area contributed by atoms with Crippen molar-refractivity contribution in [2.75, 3.05) is 31.1 Å². The molecule has 188 valence electrons. The number of aromatic nitrogens is 2. The van der Waals surface area contributed by atoms with Gasteiger partial charge in [0.05, 0.1) is 12.7 Å². The fraction of sp³-hybridized carbons (Fsp3) is 0.591. The van der Waals surface area contributed by atoms with Gasteiger partial charge < -0.3 is 14.7 Å². The molecule has 3 heterocycles. The van der Waals surface area contributed by atoms with Crippen LogP contribution in [0, 0.1) is 6.92 Å². The number of carbonyl (C=O) groups is 1. The van der Waals surface area contributed by atoms with E-state index in [1.165, 1.54) is 29.9 Å². The van der Waals surface area contributed by atoms with Crippen LogP contribution >= 0.6 is 23.1 Å². The second kappa shape index (κ2) is 11.7. The number of hydrogen-bond acceptors (Lipinski definition) is 7. The highest BCUT2D eigenvalue weighted by Gasteiger charge is 2.38. The van der Waals surface area contributed by atoms with E-state index in [2.05, 4.69) is 38.2 Å². The molecule has 2 saturated heterocycles. The Morgan fingerprint density at radius 2 is 1.88 bits per heavy atom. The molecule has 0 unspecified atom stereocenters. The third kappa shape index (κ3) is 7.53. The largest absolute Gasteiger partial charge is 0.490 e. The molecule has 0 saturated carbocycles. The van der Waals surface area contributed by atoms with E-state index in [1.807, 2.05) is 19.1 Å². The number of rotatable bonds is 4. The lowest BCUT2D eigenvalue weighted by atomic mass is 9.96. The zero-order valence-electron chi connectivity index (χ0n) is 19.0. The van der Waals surface area contributed by atoms with Gasteiger partial charge in [-0.3, -0.25) is 4.90 Å². The molecule has 0 radical (unpaired) electrons. The second-order valence-electron chi connectivity index (χ2n) is 8.47. The highest BCUT2D eigenvalue weighted by molar-refractivity contribution is 7.09. The number of ether oxygens (including phenoxy) is 1. The number of benzene rings is 1. The topological polar surface area (TPSA) is 78.8 Å². The summed E-state index contributed by atoms with van der Waals surface area (Å²) >= 11 is 7.56. The van der Waals surface area contributed by atoms with Gasteiger partial charge >= 0.3 is 12.1 Å². The van der Waals surface area contributed by atoms with Gasteiger partial charge in [-0.1, -0.05) is 23.7 Å². The number of halogens is 4. The molecule has 12 heteroatoms. The van der Waals surface area contributed by atoms with Crippen LogP contribution in [0.4, 0.5) is 18.3 Å². The summed E-state index contributed by atoms with van der Waals surface area (Å²) in [6.45, 7) is 8.08. The first-order chi connectivity index (χ1) is 16.0. The Hall–Kier alpha value is -1.95. The van der Waals surface area contributed by atoms with Crippen molar-refractivity contribution in [3.8, 4) is 0 Å². The first-order valence-corrected chi connectivity index (χ1v) is 12.1. The van der Waals surface area contributed by atoms with E-state index in [0.29, 0.717) is 18.2 Å². The number of alkyl halides is 3. The zero-order valence-corrected chi connectivity index (χ0v) is 20.5. The average Bonchev–Trinajstić information content (AvgIpc) is 3.23. The Balaban J connectivity index is 0.000000406. The summed E-state index contributed by atoms with van der Waals surface area (Å²) in [5, 5.41) is 8.99. The zero-order chi connectivity index (χ0) is 24.9. The molecule has 34 heavy (non-hydrogen) atoms. The maximum Gasteiger partial charge on any atom is 0.490 e. The summed E-state index contributed by atoms with van der Waals surface area (Å²) in [4.78, 5) is 18.5. The maximum atomic E-state index is 10.6. The number of piperidine rings is 1. The minimum Gasteiger partial charge on any atom is -0.475 e. The first kappa shape index (κ1) is 26.7. The smallest absolute Gasteiger partial charge is 0.475 e. The van der Waals surface area contributed by atoms with Crippen molar-refractivity contribution < 1.29 is 27.8 Å². The van der Waals surface area contributed by atoms with Gasteiger partial charge in [0, 0.05) is 48.3 Å². The standard InChI is InChI=1S/C20H27ClN4OS.C2HF3O2/c1-14-12-25(19(13-26-14)11-16-3-5-17(21)6-4-16)18-7-9-24(10-8-18)20-22-15(2)23-27-20;3-2(4,5)1(6)7/h3-6,14,18-19H,7-13H2,1-2H3;(H,6,7)/t14-,19-;/m0./s1. The van der Waals surface area contributed by atoms with E-state index in [1.54, 1.807) is 0 Å². The Bertz CT molecular complexity index is 936. The van der Waals surface area contributed by atoms with Crippen LogP contribution < -0.4 is 4.90 Å². The summed E-state index contributed by atoms with van der Waals surface area (Å²) in [7, 11) is 0. The maximum absolute atomic E-state index is 10.6. The Morgan fingerprint density at radius 3 is 2.41 bits per heavy atom.